The van der Waals surface area contributed by atoms with Crippen molar-refractivity contribution >= 4 is 15.7 Å². The van der Waals surface area contributed by atoms with Gasteiger partial charge in [0.25, 0.3) is 0 Å². The van der Waals surface area contributed by atoms with Gasteiger partial charge in [0.05, 0.1) is 9.49 Å². The molecule has 0 atom stereocenters. The van der Waals surface area contributed by atoms with Crippen molar-refractivity contribution in [2.45, 2.75) is 63.9 Å². The van der Waals surface area contributed by atoms with Crippen molar-refractivity contribution in [1.82, 2.24) is 5.32 Å². The van der Waals surface area contributed by atoms with Crippen molar-refractivity contribution < 1.29 is 13.2 Å². The van der Waals surface area contributed by atoms with E-state index in [1.807, 2.05) is 20.8 Å². The van der Waals surface area contributed by atoms with Crippen LogP contribution in [-0.4, -0.2) is 30.4 Å². The molecule has 106 valence electrons. The first kappa shape index (κ1) is 15.5. The van der Waals surface area contributed by atoms with E-state index in [4.69, 9.17) is 0 Å². The molecule has 1 N–H and O–H groups in total. The third-order valence-corrected chi connectivity index (χ3v) is 7.72. The number of amides is 1. The fraction of sp³-hybridized carbons (Fsp3) is 0.923. The van der Waals surface area contributed by atoms with Crippen molar-refractivity contribution in [3.8, 4) is 0 Å². The molecule has 18 heavy (non-hydrogen) atoms. The number of hydrogen-bond acceptors (Lipinski definition) is 3. The second-order valence-corrected chi connectivity index (χ2v) is 9.81. The number of sulfone groups is 1. The summed E-state index contributed by atoms with van der Waals surface area (Å²) in [5.74, 6) is -0.195. The summed E-state index contributed by atoms with van der Waals surface area (Å²) in [6.07, 6.45) is 1.45. The van der Waals surface area contributed by atoms with E-state index in [0.29, 0.717) is 0 Å². The molecule has 1 amide bonds. The monoisotopic (exact) mass is 275 g/mol. The zero-order chi connectivity index (χ0) is 14.4. The Labute approximate surface area is 110 Å². The summed E-state index contributed by atoms with van der Waals surface area (Å²) in [5.41, 5.74) is -0.265. The first-order valence-electron chi connectivity index (χ1n) is 6.36. The van der Waals surface area contributed by atoms with Crippen LogP contribution in [0.5, 0.6) is 0 Å². The van der Waals surface area contributed by atoms with E-state index in [2.05, 4.69) is 5.32 Å². The molecule has 0 unspecified atom stereocenters. The van der Waals surface area contributed by atoms with Gasteiger partial charge in [-0.15, -0.1) is 0 Å². The van der Waals surface area contributed by atoms with E-state index in [-0.39, 0.29) is 17.9 Å². The third kappa shape index (κ3) is 2.29. The molecule has 1 fully saturated rings. The highest BCUT2D eigenvalue weighted by Crippen LogP contribution is 2.58. The molecule has 0 spiro atoms. The van der Waals surface area contributed by atoms with Gasteiger partial charge in [-0.25, -0.2) is 8.42 Å². The van der Waals surface area contributed by atoms with E-state index in [1.54, 1.807) is 13.8 Å². The van der Waals surface area contributed by atoms with Gasteiger partial charge in [0.1, 0.15) is 0 Å². The van der Waals surface area contributed by atoms with Crippen LogP contribution in [0.4, 0.5) is 0 Å². The molecule has 0 radical (unpaired) electrons. The molecule has 1 saturated carbocycles. The second-order valence-electron chi connectivity index (χ2n) is 6.92. The van der Waals surface area contributed by atoms with Crippen LogP contribution in [0.2, 0.25) is 0 Å². The molecule has 0 heterocycles. The molecule has 0 aromatic heterocycles. The van der Waals surface area contributed by atoms with Crippen molar-refractivity contribution in [2.24, 2.45) is 5.41 Å². The molecule has 1 rings (SSSR count). The summed E-state index contributed by atoms with van der Waals surface area (Å²) < 4.78 is 24.1. The van der Waals surface area contributed by atoms with Crippen LogP contribution in [-0.2, 0) is 14.6 Å². The smallest absolute Gasteiger partial charge is 0.216 e. The predicted molar refractivity (Wildman–Crippen MR) is 73.1 cm³/mol. The van der Waals surface area contributed by atoms with Crippen molar-refractivity contribution in [1.29, 1.82) is 0 Å². The summed E-state index contributed by atoms with van der Waals surface area (Å²) in [5, 5.41) is 2.63. The molecule has 0 aliphatic heterocycles. The largest absolute Gasteiger partial charge is 0.355 e. The molecule has 0 aromatic rings. The van der Waals surface area contributed by atoms with Crippen LogP contribution in [0.25, 0.3) is 0 Å². The lowest BCUT2D eigenvalue weighted by atomic mass is 9.89. The lowest BCUT2D eigenvalue weighted by Gasteiger charge is -2.37. The Hall–Kier alpha value is -0.580. The minimum absolute atomic E-state index is 0.169. The van der Waals surface area contributed by atoms with Crippen molar-refractivity contribution in [3.63, 3.8) is 0 Å². The van der Waals surface area contributed by atoms with Crippen LogP contribution in [0.15, 0.2) is 0 Å². The fourth-order valence-electron chi connectivity index (χ4n) is 2.50. The van der Waals surface area contributed by atoms with Crippen molar-refractivity contribution in [2.75, 3.05) is 6.54 Å². The Morgan fingerprint density at radius 1 is 1.17 bits per heavy atom. The molecule has 5 heteroatoms. The van der Waals surface area contributed by atoms with Crippen LogP contribution >= 0.6 is 0 Å². The van der Waals surface area contributed by atoms with Gasteiger partial charge in [-0.3, -0.25) is 4.79 Å². The van der Waals surface area contributed by atoms with Gasteiger partial charge in [-0.1, -0.05) is 20.8 Å². The van der Waals surface area contributed by atoms with E-state index in [1.165, 1.54) is 6.92 Å². The Morgan fingerprint density at radius 2 is 1.61 bits per heavy atom. The van der Waals surface area contributed by atoms with Crippen LogP contribution in [0.3, 0.4) is 0 Å². The maximum Gasteiger partial charge on any atom is 0.216 e. The van der Waals surface area contributed by atoms with Gasteiger partial charge in [-0.2, -0.15) is 0 Å². The highest BCUT2D eigenvalue weighted by Gasteiger charge is 2.65. The molecule has 0 bridgehead atoms. The normalized spacial score (nSPS) is 19.4. The van der Waals surface area contributed by atoms with Crippen molar-refractivity contribution in [3.05, 3.63) is 0 Å². The summed E-state index contributed by atoms with van der Waals surface area (Å²) in [6, 6.07) is 0. The highest BCUT2D eigenvalue weighted by atomic mass is 32.2. The van der Waals surface area contributed by atoms with Crippen LogP contribution < -0.4 is 5.32 Å². The van der Waals surface area contributed by atoms with Crippen LogP contribution in [0, 0.1) is 5.41 Å². The average Bonchev–Trinajstić information content (AvgIpc) is 2.93. The lowest BCUT2D eigenvalue weighted by molar-refractivity contribution is -0.119. The first-order valence-corrected chi connectivity index (χ1v) is 7.84. The lowest BCUT2D eigenvalue weighted by Crippen LogP contribution is -2.52. The molecular formula is C13H25NO3S. The summed E-state index contributed by atoms with van der Waals surface area (Å²) in [4.78, 5) is 11.0. The van der Waals surface area contributed by atoms with E-state index in [0.717, 1.165) is 12.8 Å². The van der Waals surface area contributed by atoms with Gasteiger partial charge in [0, 0.05) is 13.5 Å². The number of carbonyl (C=O) groups is 1. The second kappa shape index (κ2) is 4.22. The molecule has 1 aliphatic rings. The van der Waals surface area contributed by atoms with Crippen LogP contribution in [0.1, 0.15) is 54.4 Å². The minimum atomic E-state index is -3.30. The van der Waals surface area contributed by atoms with Gasteiger partial charge >= 0.3 is 0 Å². The third-order valence-electron chi connectivity index (χ3n) is 4.08. The van der Waals surface area contributed by atoms with Gasteiger partial charge < -0.3 is 5.32 Å². The zero-order valence-corrected chi connectivity index (χ0v) is 13.1. The molecule has 0 aromatic carbocycles. The topological polar surface area (TPSA) is 63.2 Å². The van der Waals surface area contributed by atoms with E-state index >= 15 is 0 Å². The Balaban J connectivity index is 3.04. The maximum atomic E-state index is 12.8. The molecular weight excluding hydrogens is 250 g/mol. The zero-order valence-electron chi connectivity index (χ0n) is 12.3. The van der Waals surface area contributed by atoms with Gasteiger partial charge in [-0.05, 0) is 32.1 Å². The first-order chi connectivity index (χ1) is 7.87. The fourth-order valence-corrected chi connectivity index (χ4v) is 5.26. The average molecular weight is 275 g/mol. The number of hydrogen-bond donors (Lipinski definition) is 1. The number of carbonyl (C=O) groups excluding carboxylic acids is 1. The predicted octanol–water partition coefficient (Wildman–Crippen LogP) is 1.89. The Bertz CT molecular complexity index is 439. The SMILES string of the molecule is CC(=O)NCC(C)(C)S(=O)(=O)C1(C(C)(C)C)CC1. The summed E-state index contributed by atoms with van der Waals surface area (Å²) in [6.45, 7) is 10.9. The van der Waals surface area contributed by atoms with E-state index in [9.17, 15) is 13.2 Å². The van der Waals surface area contributed by atoms with Gasteiger partial charge in [0.2, 0.25) is 5.91 Å². The van der Waals surface area contributed by atoms with Gasteiger partial charge in [0.15, 0.2) is 9.84 Å². The quantitative estimate of drug-likeness (QED) is 0.852. The molecule has 1 aliphatic carbocycles. The summed E-state index contributed by atoms with van der Waals surface area (Å²) >= 11 is 0. The number of nitrogens with one attached hydrogen (secondary N) is 1. The number of rotatable bonds is 4. The molecule has 0 saturated heterocycles. The Morgan fingerprint density at radius 3 is 1.89 bits per heavy atom. The van der Waals surface area contributed by atoms with E-state index < -0.39 is 19.3 Å². The standard InChI is InChI=1S/C13H25NO3S/c1-10(15)14-9-12(5,6)18(16,17)13(7-8-13)11(2,3)4/h7-9H2,1-6H3,(H,14,15). The minimum Gasteiger partial charge on any atom is -0.355 e. The Kier molecular flexibility index (Phi) is 3.63. The molecule has 4 nitrogen and oxygen atoms in total. The maximum absolute atomic E-state index is 12.8. The summed E-state index contributed by atoms with van der Waals surface area (Å²) in [7, 11) is -3.30. The highest BCUT2D eigenvalue weighted by molar-refractivity contribution is 7.94.